The first kappa shape index (κ1) is 15.5. The van der Waals surface area contributed by atoms with Gasteiger partial charge >= 0.3 is 0 Å². The van der Waals surface area contributed by atoms with Gasteiger partial charge < -0.3 is 19.9 Å². The van der Waals surface area contributed by atoms with E-state index in [1.54, 1.807) is 38.4 Å². The first-order chi connectivity index (χ1) is 11.6. The number of benzene rings is 1. The Kier molecular flexibility index (Phi) is 4.42. The number of aryl methyl sites for hydroxylation is 1. The van der Waals surface area contributed by atoms with Gasteiger partial charge in [-0.05, 0) is 43.3 Å². The SMILES string of the molecule is COc1ccc(Nc2ccc(C(=O)Nc3cc(C)on3)nc2)cc1. The Labute approximate surface area is 138 Å². The molecule has 3 aromatic rings. The summed E-state index contributed by atoms with van der Waals surface area (Å²) in [6.07, 6.45) is 1.59. The van der Waals surface area contributed by atoms with Gasteiger partial charge in [0.2, 0.25) is 0 Å². The Balaban J connectivity index is 1.64. The molecule has 3 rings (SSSR count). The van der Waals surface area contributed by atoms with Gasteiger partial charge in [-0.2, -0.15) is 0 Å². The van der Waals surface area contributed by atoms with Gasteiger partial charge in [-0.1, -0.05) is 5.16 Å². The first-order valence-corrected chi connectivity index (χ1v) is 7.26. The lowest BCUT2D eigenvalue weighted by Crippen LogP contribution is -2.13. The lowest BCUT2D eigenvalue weighted by Gasteiger charge is -2.07. The van der Waals surface area contributed by atoms with Crippen molar-refractivity contribution in [1.29, 1.82) is 0 Å². The lowest BCUT2D eigenvalue weighted by molar-refractivity contribution is 0.102. The normalized spacial score (nSPS) is 10.2. The molecule has 0 aliphatic carbocycles. The van der Waals surface area contributed by atoms with E-state index < -0.39 is 0 Å². The van der Waals surface area contributed by atoms with E-state index in [1.807, 2.05) is 24.3 Å². The molecular formula is C17H16N4O3. The molecule has 24 heavy (non-hydrogen) atoms. The third-order valence-corrected chi connectivity index (χ3v) is 3.24. The van der Waals surface area contributed by atoms with E-state index in [1.165, 1.54) is 0 Å². The highest BCUT2D eigenvalue weighted by Crippen LogP contribution is 2.19. The molecule has 1 aromatic carbocycles. The van der Waals surface area contributed by atoms with Crippen molar-refractivity contribution in [3.8, 4) is 5.75 Å². The predicted octanol–water partition coefficient (Wildman–Crippen LogP) is 3.38. The van der Waals surface area contributed by atoms with Crippen molar-refractivity contribution >= 4 is 23.1 Å². The van der Waals surface area contributed by atoms with Crippen LogP contribution in [-0.2, 0) is 0 Å². The Morgan fingerprint density at radius 2 is 1.88 bits per heavy atom. The zero-order chi connectivity index (χ0) is 16.9. The van der Waals surface area contributed by atoms with Crippen LogP contribution in [0.5, 0.6) is 5.75 Å². The van der Waals surface area contributed by atoms with E-state index in [9.17, 15) is 4.79 Å². The van der Waals surface area contributed by atoms with E-state index >= 15 is 0 Å². The molecule has 0 bridgehead atoms. The van der Waals surface area contributed by atoms with Crippen LogP contribution in [0.4, 0.5) is 17.2 Å². The fraction of sp³-hybridized carbons (Fsp3) is 0.118. The summed E-state index contributed by atoms with van der Waals surface area (Å²) in [6, 6.07) is 12.6. The molecule has 0 fully saturated rings. The number of pyridine rings is 1. The number of ether oxygens (including phenoxy) is 1. The number of hydrogen-bond donors (Lipinski definition) is 2. The number of hydrogen-bond acceptors (Lipinski definition) is 6. The standard InChI is InChI=1S/C17H16N4O3/c1-11-9-16(21-24-11)20-17(22)15-8-5-13(10-18-15)19-12-3-6-14(23-2)7-4-12/h3-10,19H,1-2H3,(H,20,21,22). The van der Waals surface area contributed by atoms with Gasteiger partial charge in [0, 0.05) is 11.8 Å². The van der Waals surface area contributed by atoms with Crippen LogP contribution in [0.15, 0.2) is 53.2 Å². The minimum absolute atomic E-state index is 0.288. The fourth-order valence-electron chi connectivity index (χ4n) is 2.05. The third-order valence-electron chi connectivity index (χ3n) is 3.24. The van der Waals surface area contributed by atoms with E-state index in [0.29, 0.717) is 11.6 Å². The highest BCUT2D eigenvalue weighted by molar-refractivity contribution is 6.02. The van der Waals surface area contributed by atoms with Gasteiger partial charge in [0.05, 0.1) is 19.0 Å². The summed E-state index contributed by atoms with van der Waals surface area (Å²) >= 11 is 0. The van der Waals surface area contributed by atoms with Crippen LogP contribution in [0.1, 0.15) is 16.2 Å². The number of nitrogens with zero attached hydrogens (tertiary/aromatic N) is 2. The second-order valence-electron chi connectivity index (χ2n) is 5.06. The number of aromatic nitrogens is 2. The van der Waals surface area contributed by atoms with Gasteiger partial charge in [0.1, 0.15) is 17.2 Å². The fourth-order valence-corrected chi connectivity index (χ4v) is 2.05. The summed E-state index contributed by atoms with van der Waals surface area (Å²) in [7, 11) is 1.62. The predicted molar refractivity (Wildman–Crippen MR) is 89.7 cm³/mol. The smallest absolute Gasteiger partial charge is 0.275 e. The summed E-state index contributed by atoms with van der Waals surface area (Å²) in [6.45, 7) is 1.75. The number of rotatable bonds is 5. The molecule has 7 nitrogen and oxygen atoms in total. The molecule has 0 saturated carbocycles. The van der Waals surface area contributed by atoms with Crippen molar-refractivity contribution in [1.82, 2.24) is 10.1 Å². The average molecular weight is 324 g/mol. The molecule has 1 amide bonds. The molecule has 2 aromatic heterocycles. The molecule has 0 unspecified atom stereocenters. The van der Waals surface area contributed by atoms with Crippen LogP contribution in [0.25, 0.3) is 0 Å². The molecule has 0 spiro atoms. The number of methoxy groups -OCH3 is 1. The molecule has 2 heterocycles. The van der Waals surface area contributed by atoms with Crippen molar-refractivity contribution in [2.75, 3.05) is 17.7 Å². The Hall–Kier alpha value is -3.35. The van der Waals surface area contributed by atoms with Gasteiger partial charge in [-0.15, -0.1) is 0 Å². The second-order valence-corrected chi connectivity index (χ2v) is 5.06. The summed E-state index contributed by atoms with van der Waals surface area (Å²) in [5.41, 5.74) is 1.96. The average Bonchev–Trinajstić information content (AvgIpc) is 3.01. The number of nitrogens with one attached hydrogen (secondary N) is 2. The van der Waals surface area contributed by atoms with Crippen molar-refractivity contribution in [2.45, 2.75) is 6.92 Å². The maximum Gasteiger partial charge on any atom is 0.275 e. The minimum Gasteiger partial charge on any atom is -0.497 e. The van der Waals surface area contributed by atoms with Crippen molar-refractivity contribution in [3.63, 3.8) is 0 Å². The quantitative estimate of drug-likeness (QED) is 0.748. The minimum atomic E-state index is -0.348. The zero-order valence-corrected chi connectivity index (χ0v) is 13.2. The largest absolute Gasteiger partial charge is 0.497 e. The van der Waals surface area contributed by atoms with Crippen LogP contribution in [0, 0.1) is 6.92 Å². The summed E-state index contributed by atoms with van der Waals surface area (Å²) in [5.74, 6) is 1.42. The number of carbonyl (C=O) groups excluding carboxylic acids is 1. The van der Waals surface area contributed by atoms with E-state index in [4.69, 9.17) is 9.26 Å². The first-order valence-electron chi connectivity index (χ1n) is 7.26. The van der Waals surface area contributed by atoms with Gasteiger partial charge in [-0.3, -0.25) is 4.79 Å². The molecule has 122 valence electrons. The van der Waals surface area contributed by atoms with Crippen LogP contribution in [-0.4, -0.2) is 23.2 Å². The number of anilines is 3. The maximum absolute atomic E-state index is 12.1. The van der Waals surface area contributed by atoms with Crippen LogP contribution < -0.4 is 15.4 Å². The van der Waals surface area contributed by atoms with E-state index in [2.05, 4.69) is 20.8 Å². The highest BCUT2D eigenvalue weighted by atomic mass is 16.5. The Morgan fingerprint density at radius 1 is 1.12 bits per heavy atom. The third kappa shape index (κ3) is 3.70. The molecule has 0 aliphatic rings. The van der Waals surface area contributed by atoms with E-state index in [-0.39, 0.29) is 11.6 Å². The van der Waals surface area contributed by atoms with Gasteiger partial charge in [-0.25, -0.2) is 4.98 Å². The number of amides is 1. The molecule has 0 aliphatic heterocycles. The van der Waals surface area contributed by atoms with Crippen LogP contribution >= 0.6 is 0 Å². The van der Waals surface area contributed by atoms with Crippen molar-refractivity contribution in [2.24, 2.45) is 0 Å². The topological polar surface area (TPSA) is 89.3 Å². The Bertz CT molecular complexity index is 826. The molecule has 0 radical (unpaired) electrons. The Morgan fingerprint density at radius 3 is 2.46 bits per heavy atom. The van der Waals surface area contributed by atoms with Crippen LogP contribution in [0.2, 0.25) is 0 Å². The summed E-state index contributed by atoms with van der Waals surface area (Å²) in [5, 5.41) is 9.53. The van der Waals surface area contributed by atoms with Crippen molar-refractivity contribution < 1.29 is 14.1 Å². The highest BCUT2D eigenvalue weighted by Gasteiger charge is 2.10. The van der Waals surface area contributed by atoms with Crippen LogP contribution in [0.3, 0.4) is 0 Å². The van der Waals surface area contributed by atoms with Gasteiger partial charge in [0.15, 0.2) is 5.82 Å². The maximum atomic E-state index is 12.1. The van der Waals surface area contributed by atoms with Gasteiger partial charge in [0.25, 0.3) is 5.91 Å². The second kappa shape index (κ2) is 6.82. The molecule has 0 saturated heterocycles. The summed E-state index contributed by atoms with van der Waals surface area (Å²) in [4.78, 5) is 16.2. The monoisotopic (exact) mass is 324 g/mol. The number of carbonyl (C=O) groups is 1. The van der Waals surface area contributed by atoms with Crippen molar-refractivity contribution in [3.05, 3.63) is 60.1 Å². The summed E-state index contributed by atoms with van der Waals surface area (Å²) < 4.78 is 10.0. The molecule has 0 atom stereocenters. The molecular weight excluding hydrogens is 308 g/mol. The zero-order valence-electron chi connectivity index (χ0n) is 13.2. The lowest BCUT2D eigenvalue weighted by atomic mass is 10.2. The van der Waals surface area contributed by atoms with E-state index in [0.717, 1.165) is 17.1 Å². The molecule has 2 N–H and O–H groups in total. The molecule has 7 heteroatoms.